The zero-order valence-corrected chi connectivity index (χ0v) is 15.2. The monoisotopic (exact) mass is 327 g/mol. The lowest BCUT2D eigenvalue weighted by molar-refractivity contribution is 0.113. The van der Waals surface area contributed by atoms with Gasteiger partial charge < -0.3 is 14.7 Å². The van der Waals surface area contributed by atoms with E-state index in [0.29, 0.717) is 6.61 Å². The molecule has 0 aliphatic rings. The molecule has 0 heterocycles. The number of ether oxygens (including phenoxy) is 1. The predicted molar refractivity (Wildman–Crippen MR) is 101 cm³/mol. The Labute approximate surface area is 145 Å². The molecule has 0 aliphatic carbocycles. The third kappa shape index (κ3) is 4.75. The summed E-state index contributed by atoms with van der Waals surface area (Å²) in [5.74, 6) is 1.11. The lowest BCUT2D eigenvalue weighted by Gasteiger charge is -2.24. The third-order valence-electron chi connectivity index (χ3n) is 4.38. The highest BCUT2D eigenvalue weighted by Gasteiger charge is 2.18. The highest BCUT2D eigenvalue weighted by atomic mass is 16.5. The molecule has 0 aliphatic heterocycles. The van der Waals surface area contributed by atoms with Crippen LogP contribution in [0.2, 0.25) is 0 Å². The van der Waals surface area contributed by atoms with Gasteiger partial charge in [-0.05, 0) is 36.0 Å². The second kappa shape index (κ2) is 8.74. The van der Waals surface area contributed by atoms with Gasteiger partial charge >= 0.3 is 0 Å². The Bertz CT molecular complexity index is 625. The van der Waals surface area contributed by atoms with E-state index < -0.39 is 0 Å². The highest BCUT2D eigenvalue weighted by molar-refractivity contribution is 5.63. The summed E-state index contributed by atoms with van der Waals surface area (Å²) in [5, 5.41) is 10.1. The van der Waals surface area contributed by atoms with Gasteiger partial charge in [-0.15, -0.1) is 0 Å². The summed E-state index contributed by atoms with van der Waals surface area (Å²) in [6.45, 7) is 4.68. The van der Waals surface area contributed by atoms with E-state index in [1.165, 1.54) is 5.56 Å². The molecule has 3 nitrogen and oxygen atoms in total. The van der Waals surface area contributed by atoms with Crippen molar-refractivity contribution in [3.8, 4) is 5.75 Å². The minimum atomic E-state index is -0.270. The molecule has 2 aromatic carbocycles. The van der Waals surface area contributed by atoms with E-state index in [0.717, 1.165) is 29.8 Å². The number of hydrogen-bond donors (Lipinski definition) is 1. The van der Waals surface area contributed by atoms with Gasteiger partial charge in [0.05, 0.1) is 11.8 Å². The van der Waals surface area contributed by atoms with Gasteiger partial charge in [0.2, 0.25) is 0 Å². The molecule has 2 atom stereocenters. The Kier molecular flexibility index (Phi) is 6.68. The highest BCUT2D eigenvalue weighted by Crippen LogP contribution is 2.33. The number of hydrogen-bond acceptors (Lipinski definition) is 3. The summed E-state index contributed by atoms with van der Waals surface area (Å²) in [4.78, 5) is 2.10. The molecule has 2 rings (SSSR count). The zero-order valence-electron chi connectivity index (χ0n) is 15.2. The van der Waals surface area contributed by atoms with Crippen LogP contribution in [0.3, 0.4) is 0 Å². The average Bonchev–Trinajstić information content (AvgIpc) is 2.59. The maximum Gasteiger partial charge on any atom is 0.143 e. The minimum Gasteiger partial charge on any atom is -0.487 e. The van der Waals surface area contributed by atoms with E-state index in [-0.39, 0.29) is 12.0 Å². The molecule has 0 fully saturated rings. The van der Waals surface area contributed by atoms with Crippen molar-refractivity contribution in [1.82, 2.24) is 0 Å². The van der Waals surface area contributed by atoms with Gasteiger partial charge in [-0.25, -0.2) is 0 Å². The molecule has 0 spiro atoms. The maximum atomic E-state index is 10.1. The first-order chi connectivity index (χ1) is 11.5. The molecule has 130 valence electrons. The topological polar surface area (TPSA) is 32.7 Å². The number of nitrogens with zero attached hydrogens (tertiary/aromatic N) is 1. The van der Waals surface area contributed by atoms with Crippen LogP contribution in [0.5, 0.6) is 5.75 Å². The Morgan fingerprint density at radius 2 is 1.75 bits per heavy atom. The third-order valence-corrected chi connectivity index (χ3v) is 4.38. The summed E-state index contributed by atoms with van der Waals surface area (Å²) in [7, 11) is 4.07. The van der Waals surface area contributed by atoms with Crippen molar-refractivity contribution in [3.05, 3.63) is 59.7 Å². The second-order valence-electron chi connectivity index (χ2n) is 6.59. The van der Waals surface area contributed by atoms with Crippen LogP contribution in [-0.4, -0.2) is 25.3 Å². The zero-order chi connectivity index (χ0) is 17.5. The van der Waals surface area contributed by atoms with E-state index in [1.54, 1.807) is 0 Å². The predicted octanol–water partition coefficient (Wildman–Crippen LogP) is 4.28. The van der Waals surface area contributed by atoms with E-state index in [4.69, 9.17) is 4.74 Å². The van der Waals surface area contributed by atoms with E-state index in [2.05, 4.69) is 30.0 Å². The quantitative estimate of drug-likeness (QED) is 0.785. The van der Waals surface area contributed by atoms with Crippen LogP contribution in [-0.2, 0) is 13.0 Å². The Morgan fingerprint density at radius 1 is 1.04 bits per heavy atom. The average molecular weight is 327 g/mol. The number of aliphatic hydroxyl groups excluding tert-OH is 1. The second-order valence-corrected chi connectivity index (χ2v) is 6.59. The van der Waals surface area contributed by atoms with Crippen molar-refractivity contribution in [2.75, 3.05) is 19.0 Å². The maximum absolute atomic E-state index is 10.1. The molecule has 2 unspecified atom stereocenters. The molecule has 3 heteroatoms. The van der Waals surface area contributed by atoms with Gasteiger partial charge in [-0.1, -0.05) is 56.3 Å². The van der Waals surface area contributed by atoms with Crippen molar-refractivity contribution in [1.29, 1.82) is 0 Å². The van der Waals surface area contributed by atoms with Crippen molar-refractivity contribution < 1.29 is 9.84 Å². The molecule has 0 radical (unpaired) electrons. The van der Waals surface area contributed by atoms with E-state index in [1.807, 2.05) is 51.4 Å². The van der Waals surface area contributed by atoms with Crippen molar-refractivity contribution in [2.45, 2.75) is 39.4 Å². The Hall–Kier alpha value is -2.00. The summed E-state index contributed by atoms with van der Waals surface area (Å²) in [5.41, 5.74) is 3.47. The lowest BCUT2D eigenvalue weighted by Crippen LogP contribution is -2.20. The number of anilines is 1. The van der Waals surface area contributed by atoms with Crippen LogP contribution >= 0.6 is 0 Å². The molecule has 0 amide bonds. The minimum absolute atomic E-state index is 0.220. The summed E-state index contributed by atoms with van der Waals surface area (Å²) in [6, 6.07) is 16.4. The Morgan fingerprint density at radius 3 is 2.38 bits per heavy atom. The largest absolute Gasteiger partial charge is 0.487 e. The standard InChI is InChI=1S/C21H29NO2/c1-5-19(23)16(2)14-18-12-9-13-20(21(18)22(3)4)24-15-17-10-7-6-8-11-17/h6-13,16,19,23H,5,14-15H2,1-4H3. The molecule has 24 heavy (non-hydrogen) atoms. The van der Waals surface area contributed by atoms with E-state index in [9.17, 15) is 5.11 Å². The Balaban J connectivity index is 2.20. The van der Waals surface area contributed by atoms with Gasteiger partial charge in [0.15, 0.2) is 0 Å². The number of benzene rings is 2. The summed E-state index contributed by atoms with van der Waals surface area (Å²) < 4.78 is 6.09. The van der Waals surface area contributed by atoms with Crippen molar-refractivity contribution in [3.63, 3.8) is 0 Å². The van der Waals surface area contributed by atoms with Crippen LogP contribution in [0, 0.1) is 5.92 Å². The van der Waals surface area contributed by atoms with Crippen LogP contribution < -0.4 is 9.64 Å². The molecule has 2 aromatic rings. The first-order valence-corrected chi connectivity index (χ1v) is 8.67. The van der Waals surface area contributed by atoms with Crippen LogP contribution in [0.1, 0.15) is 31.4 Å². The first kappa shape index (κ1) is 18.3. The number of aliphatic hydroxyl groups is 1. The molecular weight excluding hydrogens is 298 g/mol. The number of para-hydroxylation sites is 1. The fourth-order valence-corrected chi connectivity index (χ4v) is 2.98. The first-order valence-electron chi connectivity index (χ1n) is 8.67. The smallest absolute Gasteiger partial charge is 0.143 e. The van der Waals surface area contributed by atoms with Gasteiger partial charge in [0, 0.05) is 14.1 Å². The molecule has 0 saturated heterocycles. The molecule has 0 saturated carbocycles. The lowest BCUT2D eigenvalue weighted by atomic mass is 9.93. The molecular formula is C21H29NO2. The molecule has 0 bridgehead atoms. The number of rotatable bonds is 8. The fraction of sp³-hybridized carbons (Fsp3) is 0.429. The van der Waals surface area contributed by atoms with Crippen LogP contribution in [0.4, 0.5) is 5.69 Å². The van der Waals surface area contributed by atoms with Gasteiger partial charge in [-0.2, -0.15) is 0 Å². The van der Waals surface area contributed by atoms with Gasteiger partial charge in [0.1, 0.15) is 12.4 Å². The normalized spacial score (nSPS) is 13.4. The van der Waals surface area contributed by atoms with Crippen LogP contribution in [0.15, 0.2) is 48.5 Å². The van der Waals surface area contributed by atoms with Crippen molar-refractivity contribution >= 4 is 5.69 Å². The van der Waals surface area contributed by atoms with Gasteiger partial charge in [-0.3, -0.25) is 0 Å². The molecule has 0 aromatic heterocycles. The summed E-state index contributed by atoms with van der Waals surface area (Å²) in [6.07, 6.45) is 1.35. The van der Waals surface area contributed by atoms with Crippen molar-refractivity contribution in [2.24, 2.45) is 5.92 Å². The fourth-order valence-electron chi connectivity index (χ4n) is 2.98. The van der Waals surface area contributed by atoms with Crippen LogP contribution in [0.25, 0.3) is 0 Å². The van der Waals surface area contributed by atoms with Gasteiger partial charge in [0.25, 0.3) is 0 Å². The van der Waals surface area contributed by atoms with E-state index >= 15 is 0 Å². The summed E-state index contributed by atoms with van der Waals surface area (Å²) >= 11 is 0. The molecule has 1 N–H and O–H groups in total. The SMILES string of the molecule is CCC(O)C(C)Cc1cccc(OCc2ccccc2)c1N(C)C.